The summed E-state index contributed by atoms with van der Waals surface area (Å²) in [6.07, 6.45) is 0. The highest BCUT2D eigenvalue weighted by molar-refractivity contribution is 9.10. The molecule has 2 amide bonds. The van der Waals surface area contributed by atoms with Gasteiger partial charge in [-0.3, -0.25) is 0 Å². The Balaban J connectivity index is 2.04. The van der Waals surface area contributed by atoms with Gasteiger partial charge in [-0.25, -0.2) is 4.79 Å². The number of carbonyl (C=O) groups excluding carboxylic acids is 1. The van der Waals surface area contributed by atoms with Crippen LogP contribution in [0.5, 0.6) is 11.5 Å². The van der Waals surface area contributed by atoms with Crippen LogP contribution in [0, 0.1) is 0 Å². The fraction of sp³-hybridized carbons (Fsp3) is 0.188. The minimum Gasteiger partial charge on any atom is -0.493 e. The van der Waals surface area contributed by atoms with Crippen molar-refractivity contribution in [1.29, 1.82) is 0 Å². The number of amides is 2. The van der Waals surface area contributed by atoms with Gasteiger partial charge in [0, 0.05) is 28.2 Å². The smallest absolute Gasteiger partial charge is 0.319 e. The molecule has 7 heteroatoms. The quantitative estimate of drug-likeness (QED) is 0.781. The van der Waals surface area contributed by atoms with Gasteiger partial charge < -0.3 is 20.1 Å². The van der Waals surface area contributed by atoms with Gasteiger partial charge in [0.25, 0.3) is 0 Å². The van der Waals surface area contributed by atoms with Gasteiger partial charge in [-0.15, -0.1) is 0 Å². The lowest BCUT2D eigenvalue weighted by Gasteiger charge is -2.13. The number of carbonyl (C=O) groups is 1. The number of benzene rings is 2. The Morgan fingerprint density at radius 1 is 1.17 bits per heavy atom. The van der Waals surface area contributed by atoms with E-state index in [-0.39, 0.29) is 6.03 Å². The van der Waals surface area contributed by atoms with Gasteiger partial charge in [-0.1, -0.05) is 29.8 Å². The summed E-state index contributed by atoms with van der Waals surface area (Å²) in [5.74, 6) is 1.10. The number of rotatable bonds is 5. The maximum Gasteiger partial charge on any atom is 0.319 e. The zero-order chi connectivity index (χ0) is 16.8. The lowest BCUT2D eigenvalue weighted by molar-refractivity contribution is 0.251. The maximum absolute atomic E-state index is 12.0. The van der Waals surface area contributed by atoms with E-state index in [1.54, 1.807) is 25.3 Å². The molecule has 0 aliphatic heterocycles. The van der Waals surface area contributed by atoms with E-state index in [2.05, 4.69) is 26.6 Å². The van der Waals surface area contributed by atoms with Crippen molar-refractivity contribution in [2.75, 3.05) is 19.5 Å². The first-order chi connectivity index (χ1) is 11.0. The van der Waals surface area contributed by atoms with Crippen LogP contribution >= 0.6 is 27.5 Å². The molecule has 2 aromatic rings. The molecule has 0 saturated carbocycles. The van der Waals surface area contributed by atoms with E-state index in [0.29, 0.717) is 33.2 Å². The first kappa shape index (κ1) is 17.4. The SMILES string of the molecule is COc1cc(Br)c(NC(=O)NCc2ccccc2Cl)cc1OC. The third-order valence-electron chi connectivity index (χ3n) is 3.12. The number of nitrogens with one attached hydrogen (secondary N) is 2. The molecule has 2 N–H and O–H groups in total. The van der Waals surface area contributed by atoms with E-state index in [1.165, 1.54) is 7.11 Å². The third kappa shape index (κ3) is 4.53. The summed E-state index contributed by atoms with van der Waals surface area (Å²) in [4.78, 5) is 12.0. The van der Waals surface area contributed by atoms with E-state index in [0.717, 1.165) is 5.56 Å². The molecule has 0 atom stereocenters. The van der Waals surface area contributed by atoms with Crippen molar-refractivity contribution in [2.45, 2.75) is 6.54 Å². The van der Waals surface area contributed by atoms with Gasteiger partial charge in [0.05, 0.1) is 19.9 Å². The lowest BCUT2D eigenvalue weighted by atomic mass is 10.2. The van der Waals surface area contributed by atoms with Gasteiger partial charge in [-0.05, 0) is 27.6 Å². The Bertz CT molecular complexity index is 710. The molecule has 5 nitrogen and oxygen atoms in total. The summed E-state index contributed by atoms with van der Waals surface area (Å²) in [6, 6.07) is 10.4. The predicted octanol–water partition coefficient (Wildman–Crippen LogP) is 4.44. The van der Waals surface area contributed by atoms with E-state index in [4.69, 9.17) is 21.1 Å². The van der Waals surface area contributed by atoms with Crippen LogP contribution in [0.2, 0.25) is 5.02 Å². The van der Waals surface area contributed by atoms with Crippen LogP contribution in [-0.4, -0.2) is 20.3 Å². The highest BCUT2D eigenvalue weighted by Gasteiger charge is 2.12. The monoisotopic (exact) mass is 398 g/mol. The first-order valence-electron chi connectivity index (χ1n) is 6.75. The molecule has 0 bridgehead atoms. The largest absolute Gasteiger partial charge is 0.493 e. The number of ether oxygens (including phenoxy) is 2. The van der Waals surface area contributed by atoms with Gasteiger partial charge >= 0.3 is 6.03 Å². The van der Waals surface area contributed by atoms with Crippen molar-refractivity contribution in [2.24, 2.45) is 0 Å². The Morgan fingerprint density at radius 2 is 1.83 bits per heavy atom. The number of hydrogen-bond donors (Lipinski definition) is 2. The van der Waals surface area contributed by atoms with Crippen molar-refractivity contribution in [1.82, 2.24) is 5.32 Å². The Hall–Kier alpha value is -1.92. The van der Waals surface area contributed by atoms with E-state index in [9.17, 15) is 4.79 Å². The van der Waals surface area contributed by atoms with Crippen LogP contribution in [0.1, 0.15) is 5.56 Å². The van der Waals surface area contributed by atoms with Gasteiger partial charge in [0.15, 0.2) is 11.5 Å². The van der Waals surface area contributed by atoms with E-state index < -0.39 is 0 Å². The second-order valence-corrected chi connectivity index (χ2v) is 5.85. The molecule has 2 rings (SSSR count). The Morgan fingerprint density at radius 3 is 2.48 bits per heavy atom. The van der Waals surface area contributed by atoms with Gasteiger partial charge in [-0.2, -0.15) is 0 Å². The summed E-state index contributed by atoms with van der Waals surface area (Å²) < 4.78 is 11.1. The number of halogens is 2. The topological polar surface area (TPSA) is 59.6 Å². The van der Waals surface area contributed by atoms with Crippen molar-refractivity contribution >= 4 is 39.2 Å². The lowest BCUT2D eigenvalue weighted by Crippen LogP contribution is -2.28. The summed E-state index contributed by atoms with van der Waals surface area (Å²) >= 11 is 9.44. The minimum absolute atomic E-state index is 0.330. The first-order valence-corrected chi connectivity index (χ1v) is 7.92. The molecule has 0 fully saturated rings. The van der Waals surface area contributed by atoms with Crippen LogP contribution in [0.3, 0.4) is 0 Å². The van der Waals surface area contributed by atoms with Crippen LogP contribution < -0.4 is 20.1 Å². The standard InChI is InChI=1S/C16H16BrClN2O3/c1-22-14-7-11(17)13(8-15(14)23-2)20-16(21)19-9-10-5-3-4-6-12(10)18/h3-8H,9H2,1-2H3,(H2,19,20,21). The highest BCUT2D eigenvalue weighted by atomic mass is 79.9. The highest BCUT2D eigenvalue weighted by Crippen LogP contribution is 2.36. The molecule has 0 aromatic heterocycles. The number of hydrogen-bond acceptors (Lipinski definition) is 3. The molecule has 0 unspecified atom stereocenters. The number of anilines is 1. The molecule has 122 valence electrons. The zero-order valence-electron chi connectivity index (χ0n) is 12.7. The molecular formula is C16H16BrClN2O3. The molecule has 23 heavy (non-hydrogen) atoms. The maximum atomic E-state index is 12.0. The van der Waals surface area contributed by atoms with Crippen molar-refractivity contribution < 1.29 is 14.3 Å². The summed E-state index contributed by atoms with van der Waals surface area (Å²) in [6.45, 7) is 0.330. The molecule has 0 heterocycles. The molecule has 0 aliphatic rings. The normalized spacial score (nSPS) is 10.1. The Kier molecular flexibility index (Phi) is 6.12. The average Bonchev–Trinajstić information content (AvgIpc) is 2.55. The van der Waals surface area contributed by atoms with E-state index in [1.807, 2.05) is 18.2 Å². The average molecular weight is 400 g/mol. The molecule has 0 saturated heterocycles. The summed E-state index contributed by atoms with van der Waals surface area (Å²) in [5, 5.41) is 6.12. The fourth-order valence-electron chi connectivity index (χ4n) is 1.93. The molecule has 2 aromatic carbocycles. The predicted molar refractivity (Wildman–Crippen MR) is 94.6 cm³/mol. The molecule has 0 radical (unpaired) electrons. The van der Waals surface area contributed by atoms with Gasteiger partial charge in [0.1, 0.15) is 0 Å². The summed E-state index contributed by atoms with van der Waals surface area (Å²) in [7, 11) is 3.08. The zero-order valence-corrected chi connectivity index (χ0v) is 15.0. The number of urea groups is 1. The van der Waals surface area contributed by atoms with Crippen molar-refractivity contribution in [3.63, 3.8) is 0 Å². The summed E-state index contributed by atoms with van der Waals surface area (Å²) in [5.41, 5.74) is 1.41. The van der Waals surface area contributed by atoms with Crippen LogP contribution in [0.25, 0.3) is 0 Å². The number of methoxy groups -OCH3 is 2. The van der Waals surface area contributed by atoms with Crippen molar-refractivity contribution in [3.05, 3.63) is 51.5 Å². The second-order valence-electron chi connectivity index (χ2n) is 4.59. The van der Waals surface area contributed by atoms with Crippen LogP contribution in [0.15, 0.2) is 40.9 Å². The van der Waals surface area contributed by atoms with E-state index >= 15 is 0 Å². The van der Waals surface area contributed by atoms with Crippen LogP contribution in [0.4, 0.5) is 10.5 Å². The van der Waals surface area contributed by atoms with Gasteiger partial charge in [0.2, 0.25) is 0 Å². The van der Waals surface area contributed by atoms with Crippen LogP contribution in [-0.2, 0) is 6.54 Å². The fourth-order valence-corrected chi connectivity index (χ4v) is 2.56. The molecule has 0 aliphatic carbocycles. The van der Waals surface area contributed by atoms with Crippen molar-refractivity contribution in [3.8, 4) is 11.5 Å². The third-order valence-corrected chi connectivity index (χ3v) is 4.14. The molecular weight excluding hydrogens is 384 g/mol. The second kappa shape index (κ2) is 8.08. The molecule has 0 spiro atoms. The minimum atomic E-state index is -0.349. The Labute approximate surface area is 148 Å².